The van der Waals surface area contributed by atoms with Gasteiger partial charge in [0, 0.05) is 18.7 Å². The van der Waals surface area contributed by atoms with Crippen molar-refractivity contribution in [3.63, 3.8) is 0 Å². The van der Waals surface area contributed by atoms with E-state index in [4.69, 9.17) is 0 Å². The zero-order valence-electron chi connectivity index (χ0n) is 12.1. The molecule has 0 spiro atoms. The number of alkyl halides is 3. The molecule has 7 heteroatoms. The van der Waals surface area contributed by atoms with Gasteiger partial charge in [0.15, 0.2) is 0 Å². The molecule has 2 N–H and O–H groups in total. The minimum atomic E-state index is -4.16. The molecule has 22 heavy (non-hydrogen) atoms. The Labute approximate surface area is 134 Å². The summed E-state index contributed by atoms with van der Waals surface area (Å²) < 4.78 is 36.7. The molecular weight excluding hydrogens is 317 g/mol. The summed E-state index contributed by atoms with van der Waals surface area (Å²) in [5, 5.41) is 5.95. The lowest BCUT2D eigenvalue weighted by molar-refractivity contribution is -0.134. The van der Waals surface area contributed by atoms with Gasteiger partial charge in [-0.05, 0) is 43.5 Å². The van der Waals surface area contributed by atoms with Gasteiger partial charge in [0.05, 0.1) is 5.92 Å². The highest BCUT2D eigenvalue weighted by atomic mass is 35.5. The van der Waals surface area contributed by atoms with Gasteiger partial charge in [0.25, 0.3) is 0 Å². The molecule has 0 aromatic heterocycles. The summed E-state index contributed by atoms with van der Waals surface area (Å²) >= 11 is 0. The van der Waals surface area contributed by atoms with E-state index in [1.807, 2.05) is 0 Å². The average Bonchev–Trinajstić information content (AvgIpc) is 2.46. The van der Waals surface area contributed by atoms with E-state index in [2.05, 4.69) is 10.6 Å². The first kappa shape index (κ1) is 18.8. The van der Waals surface area contributed by atoms with Gasteiger partial charge in [-0.1, -0.05) is 12.1 Å². The number of hydrogen-bond donors (Lipinski definition) is 2. The summed E-state index contributed by atoms with van der Waals surface area (Å²) in [5.41, 5.74) is 1.14. The molecule has 1 unspecified atom stereocenters. The van der Waals surface area contributed by atoms with Crippen molar-refractivity contribution in [3.8, 4) is 0 Å². The summed E-state index contributed by atoms with van der Waals surface area (Å²) in [4.78, 5) is 12.1. The number of benzene rings is 1. The lowest BCUT2D eigenvalue weighted by Gasteiger charge is -2.22. The summed E-state index contributed by atoms with van der Waals surface area (Å²) in [6, 6.07) is 6.62. The quantitative estimate of drug-likeness (QED) is 0.883. The third-order valence-corrected chi connectivity index (χ3v) is 3.56. The maximum atomic E-state index is 12.2. The van der Waals surface area contributed by atoms with Crippen LogP contribution < -0.4 is 10.6 Å². The van der Waals surface area contributed by atoms with Crippen LogP contribution in [0.5, 0.6) is 0 Å². The monoisotopic (exact) mass is 336 g/mol. The molecule has 1 fully saturated rings. The molecule has 2 rings (SSSR count). The number of nitrogens with one attached hydrogen (secondary N) is 2. The topological polar surface area (TPSA) is 41.1 Å². The van der Waals surface area contributed by atoms with E-state index in [0.29, 0.717) is 17.8 Å². The van der Waals surface area contributed by atoms with Crippen LogP contribution >= 0.6 is 12.4 Å². The van der Waals surface area contributed by atoms with E-state index >= 15 is 0 Å². The van der Waals surface area contributed by atoms with Crippen molar-refractivity contribution in [2.75, 3.05) is 18.4 Å². The van der Waals surface area contributed by atoms with Gasteiger partial charge in [-0.3, -0.25) is 4.79 Å². The fourth-order valence-electron chi connectivity index (χ4n) is 2.41. The molecular formula is C15H20ClF3N2O. The van der Waals surface area contributed by atoms with Crippen LogP contribution in [0.25, 0.3) is 0 Å². The normalized spacial score (nSPS) is 18.4. The van der Waals surface area contributed by atoms with Gasteiger partial charge in [0.2, 0.25) is 5.91 Å². The summed E-state index contributed by atoms with van der Waals surface area (Å²) in [6.45, 7) is 1.58. The maximum absolute atomic E-state index is 12.2. The van der Waals surface area contributed by atoms with E-state index in [9.17, 15) is 18.0 Å². The molecule has 1 atom stereocenters. The zero-order chi connectivity index (χ0) is 15.3. The van der Waals surface area contributed by atoms with Crippen LogP contribution in [-0.2, 0) is 11.2 Å². The number of aryl methyl sites for hydroxylation is 1. The highest BCUT2D eigenvalue weighted by Gasteiger charge is 2.26. The Morgan fingerprint density at radius 1 is 1.36 bits per heavy atom. The summed E-state index contributed by atoms with van der Waals surface area (Å²) in [7, 11) is 0. The third-order valence-electron chi connectivity index (χ3n) is 3.56. The second-order valence-corrected chi connectivity index (χ2v) is 5.35. The van der Waals surface area contributed by atoms with Crippen molar-refractivity contribution in [3.05, 3.63) is 29.8 Å². The van der Waals surface area contributed by atoms with Gasteiger partial charge >= 0.3 is 6.18 Å². The molecule has 1 heterocycles. The van der Waals surface area contributed by atoms with E-state index in [-0.39, 0.29) is 30.7 Å². The van der Waals surface area contributed by atoms with Crippen LogP contribution in [0, 0.1) is 5.92 Å². The number of amides is 1. The Morgan fingerprint density at radius 2 is 2.14 bits per heavy atom. The first-order chi connectivity index (χ1) is 9.94. The highest BCUT2D eigenvalue weighted by Crippen LogP contribution is 2.23. The minimum Gasteiger partial charge on any atom is -0.326 e. The number of anilines is 1. The second-order valence-electron chi connectivity index (χ2n) is 5.35. The van der Waals surface area contributed by atoms with Gasteiger partial charge in [-0.15, -0.1) is 12.4 Å². The molecule has 1 aliphatic rings. The molecule has 0 bridgehead atoms. The molecule has 1 amide bonds. The Morgan fingerprint density at radius 3 is 2.77 bits per heavy atom. The van der Waals surface area contributed by atoms with Crippen LogP contribution in [0.2, 0.25) is 0 Å². The van der Waals surface area contributed by atoms with E-state index in [1.54, 1.807) is 24.3 Å². The lowest BCUT2D eigenvalue weighted by atomic mass is 9.98. The van der Waals surface area contributed by atoms with Gasteiger partial charge in [-0.25, -0.2) is 0 Å². The molecule has 3 nitrogen and oxygen atoms in total. The fourth-order valence-corrected chi connectivity index (χ4v) is 2.41. The van der Waals surface area contributed by atoms with Crippen LogP contribution in [0.15, 0.2) is 24.3 Å². The molecule has 124 valence electrons. The molecule has 1 aliphatic heterocycles. The number of halogens is 4. The Kier molecular flexibility index (Phi) is 7.16. The zero-order valence-corrected chi connectivity index (χ0v) is 12.9. The average molecular weight is 337 g/mol. The first-order valence-electron chi connectivity index (χ1n) is 7.11. The van der Waals surface area contributed by atoms with Crippen molar-refractivity contribution < 1.29 is 18.0 Å². The van der Waals surface area contributed by atoms with Crippen molar-refractivity contribution in [1.82, 2.24) is 5.32 Å². The molecule has 0 saturated carbocycles. The Bertz CT molecular complexity index is 488. The molecule has 1 saturated heterocycles. The van der Waals surface area contributed by atoms with E-state index in [0.717, 1.165) is 19.4 Å². The predicted molar refractivity (Wildman–Crippen MR) is 82.3 cm³/mol. The van der Waals surface area contributed by atoms with Gasteiger partial charge < -0.3 is 10.6 Å². The number of rotatable bonds is 4. The van der Waals surface area contributed by atoms with Crippen LogP contribution in [0.1, 0.15) is 24.8 Å². The Balaban J connectivity index is 0.00000242. The van der Waals surface area contributed by atoms with Crippen molar-refractivity contribution >= 4 is 24.0 Å². The lowest BCUT2D eigenvalue weighted by Crippen LogP contribution is -2.37. The van der Waals surface area contributed by atoms with Gasteiger partial charge in [-0.2, -0.15) is 13.2 Å². The Hall–Kier alpha value is -1.27. The summed E-state index contributed by atoms with van der Waals surface area (Å²) in [6.07, 6.45) is -3.28. The first-order valence-corrected chi connectivity index (χ1v) is 7.11. The van der Waals surface area contributed by atoms with Crippen LogP contribution in [-0.4, -0.2) is 25.2 Å². The number of carbonyl (C=O) groups excluding carboxylic acids is 1. The molecule has 1 aromatic carbocycles. The predicted octanol–water partition coefficient (Wildman–Crippen LogP) is 3.54. The fraction of sp³-hybridized carbons (Fsp3) is 0.533. The second kappa shape index (κ2) is 8.39. The largest absolute Gasteiger partial charge is 0.389 e. The molecule has 0 aliphatic carbocycles. The minimum absolute atomic E-state index is 0. The number of piperidine rings is 1. The third kappa shape index (κ3) is 6.23. The maximum Gasteiger partial charge on any atom is 0.389 e. The SMILES string of the molecule is Cl.O=C(Nc1cccc(CCC(F)(F)F)c1)C1CCCNC1. The highest BCUT2D eigenvalue weighted by molar-refractivity contribution is 5.92. The summed E-state index contributed by atoms with van der Waals surface area (Å²) in [5.74, 6) is -0.146. The number of hydrogen-bond acceptors (Lipinski definition) is 2. The van der Waals surface area contributed by atoms with Gasteiger partial charge in [0.1, 0.15) is 0 Å². The van der Waals surface area contributed by atoms with E-state index in [1.165, 1.54) is 0 Å². The standard InChI is InChI=1S/C15H19F3N2O.ClH/c16-15(17,18)7-6-11-3-1-5-13(9-11)20-14(21)12-4-2-8-19-10-12;/h1,3,5,9,12,19H,2,4,6-8,10H2,(H,20,21);1H. The molecule has 0 radical (unpaired) electrons. The van der Waals surface area contributed by atoms with Crippen LogP contribution in [0.3, 0.4) is 0 Å². The number of carbonyl (C=O) groups is 1. The van der Waals surface area contributed by atoms with Crippen molar-refractivity contribution in [2.24, 2.45) is 5.92 Å². The van der Waals surface area contributed by atoms with Crippen LogP contribution in [0.4, 0.5) is 18.9 Å². The van der Waals surface area contributed by atoms with Crippen molar-refractivity contribution in [1.29, 1.82) is 0 Å². The smallest absolute Gasteiger partial charge is 0.326 e. The van der Waals surface area contributed by atoms with E-state index < -0.39 is 12.6 Å². The molecule has 1 aromatic rings. The van der Waals surface area contributed by atoms with Crippen molar-refractivity contribution in [2.45, 2.75) is 31.9 Å².